The van der Waals surface area contributed by atoms with Crippen LogP contribution in [-0.4, -0.2) is 33.9 Å². The number of nitro groups is 1. The summed E-state index contributed by atoms with van der Waals surface area (Å²) in [5.74, 6) is 0.251. The van der Waals surface area contributed by atoms with Crippen molar-refractivity contribution in [2.24, 2.45) is 0 Å². The van der Waals surface area contributed by atoms with Gasteiger partial charge in [-0.15, -0.1) is 0 Å². The molecule has 2 heterocycles. The summed E-state index contributed by atoms with van der Waals surface area (Å²) < 4.78 is 0. The second-order valence-corrected chi connectivity index (χ2v) is 6.08. The first-order valence-electron chi connectivity index (χ1n) is 8.10. The highest BCUT2D eigenvalue weighted by molar-refractivity contribution is 6.05. The first-order valence-corrected chi connectivity index (χ1v) is 8.10. The first kappa shape index (κ1) is 16.8. The quantitative estimate of drug-likeness (QED) is 0.678. The van der Waals surface area contributed by atoms with E-state index in [4.69, 9.17) is 0 Å². The van der Waals surface area contributed by atoms with Crippen LogP contribution < -0.4 is 10.2 Å². The molecule has 25 heavy (non-hydrogen) atoms. The Morgan fingerprint density at radius 2 is 2.00 bits per heavy atom. The van der Waals surface area contributed by atoms with Gasteiger partial charge in [-0.25, -0.2) is 9.97 Å². The third kappa shape index (κ3) is 3.57. The zero-order valence-corrected chi connectivity index (χ0v) is 14.2. The lowest BCUT2D eigenvalue weighted by atomic mass is 10.1. The molecule has 3 rings (SSSR count). The van der Waals surface area contributed by atoms with Gasteiger partial charge in [-0.3, -0.25) is 14.9 Å². The highest BCUT2D eigenvalue weighted by Gasteiger charge is 2.19. The molecule has 0 spiro atoms. The molecular weight excluding hydrogens is 322 g/mol. The lowest BCUT2D eigenvalue weighted by molar-refractivity contribution is -0.385. The summed E-state index contributed by atoms with van der Waals surface area (Å²) in [6, 6.07) is 4.59. The van der Waals surface area contributed by atoms with Crippen molar-refractivity contribution in [3.05, 3.63) is 51.3 Å². The van der Waals surface area contributed by atoms with E-state index in [0.29, 0.717) is 28.5 Å². The van der Waals surface area contributed by atoms with Crippen molar-refractivity contribution in [3.8, 4) is 0 Å². The minimum atomic E-state index is -0.468. The predicted octanol–water partition coefficient (Wildman–Crippen LogP) is 2.85. The Kier molecular flexibility index (Phi) is 4.60. The molecule has 1 aliphatic heterocycles. The lowest BCUT2D eigenvalue weighted by Gasteiger charge is -2.16. The Hall–Kier alpha value is -3.03. The van der Waals surface area contributed by atoms with Gasteiger partial charge >= 0.3 is 0 Å². The molecule has 0 saturated carbocycles. The fourth-order valence-electron chi connectivity index (χ4n) is 2.83. The Bertz CT molecular complexity index is 831. The van der Waals surface area contributed by atoms with E-state index in [-0.39, 0.29) is 11.6 Å². The van der Waals surface area contributed by atoms with E-state index < -0.39 is 4.92 Å². The van der Waals surface area contributed by atoms with Crippen LogP contribution in [0.25, 0.3) is 0 Å². The highest BCUT2D eigenvalue weighted by atomic mass is 16.6. The Labute approximate surface area is 145 Å². The molecule has 1 fully saturated rings. The lowest BCUT2D eigenvalue weighted by Crippen LogP contribution is -2.22. The minimum absolute atomic E-state index is 0.0323. The molecule has 0 atom stereocenters. The molecule has 1 aliphatic rings. The summed E-state index contributed by atoms with van der Waals surface area (Å²) in [5, 5.41) is 13.7. The Balaban J connectivity index is 1.79. The van der Waals surface area contributed by atoms with Crippen molar-refractivity contribution in [2.45, 2.75) is 26.7 Å². The zero-order valence-electron chi connectivity index (χ0n) is 14.2. The number of aryl methyl sites for hydroxylation is 2. The molecule has 1 aromatic heterocycles. The van der Waals surface area contributed by atoms with Crippen LogP contribution in [0.3, 0.4) is 0 Å². The van der Waals surface area contributed by atoms with Crippen LogP contribution >= 0.6 is 0 Å². The van der Waals surface area contributed by atoms with Gasteiger partial charge in [0.25, 0.3) is 11.6 Å². The number of benzene rings is 1. The van der Waals surface area contributed by atoms with Gasteiger partial charge < -0.3 is 10.2 Å². The van der Waals surface area contributed by atoms with Gasteiger partial charge in [0.2, 0.25) is 5.95 Å². The average molecular weight is 341 g/mol. The molecule has 1 amide bonds. The number of nitro benzene ring substituents is 1. The van der Waals surface area contributed by atoms with Crippen molar-refractivity contribution in [1.29, 1.82) is 0 Å². The molecule has 8 heteroatoms. The van der Waals surface area contributed by atoms with E-state index in [9.17, 15) is 14.9 Å². The van der Waals surface area contributed by atoms with Crippen LogP contribution in [0.4, 0.5) is 17.3 Å². The van der Waals surface area contributed by atoms with Crippen LogP contribution in [0.1, 0.15) is 34.5 Å². The number of nitrogens with zero attached hydrogens (tertiary/aromatic N) is 4. The van der Waals surface area contributed by atoms with Gasteiger partial charge in [-0.2, -0.15) is 0 Å². The molecule has 8 nitrogen and oxygen atoms in total. The molecule has 0 aliphatic carbocycles. The summed E-state index contributed by atoms with van der Waals surface area (Å²) in [7, 11) is 0. The maximum absolute atomic E-state index is 12.5. The van der Waals surface area contributed by atoms with Crippen molar-refractivity contribution in [2.75, 3.05) is 23.3 Å². The number of aromatic nitrogens is 2. The Morgan fingerprint density at radius 3 is 2.64 bits per heavy atom. The van der Waals surface area contributed by atoms with Crippen LogP contribution in [0.15, 0.2) is 24.4 Å². The molecule has 130 valence electrons. The smallest absolute Gasteiger partial charge is 0.274 e. The molecule has 1 N–H and O–H groups in total. The number of amides is 1. The van der Waals surface area contributed by atoms with Crippen molar-refractivity contribution in [1.82, 2.24) is 9.97 Å². The van der Waals surface area contributed by atoms with Crippen LogP contribution in [0, 0.1) is 24.0 Å². The molecule has 1 aromatic carbocycles. The number of rotatable bonds is 4. The van der Waals surface area contributed by atoms with E-state index in [1.54, 1.807) is 26.0 Å². The summed E-state index contributed by atoms with van der Waals surface area (Å²) in [4.78, 5) is 33.8. The fraction of sp³-hybridized carbons (Fsp3) is 0.353. The third-order valence-corrected chi connectivity index (χ3v) is 4.26. The third-order valence-electron chi connectivity index (χ3n) is 4.26. The number of anilines is 2. The second-order valence-electron chi connectivity index (χ2n) is 6.08. The molecule has 0 bridgehead atoms. The standard InChI is InChI=1S/C17H19N5O3/c1-11-5-6-13(9-15(11)22(24)25)20-16(23)14-10-18-17(19-12(14)2)21-7-3-4-8-21/h5-6,9-10H,3-4,7-8H2,1-2H3,(H,20,23). The number of hydrogen-bond donors (Lipinski definition) is 1. The number of carbonyl (C=O) groups excluding carboxylic acids is 1. The highest BCUT2D eigenvalue weighted by Crippen LogP contribution is 2.23. The normalized spacial score (nSPS) is 13.8. The van der Waals surface area contributed by atoms with Crippen LogP contribution in [-0.2, 0) is 0 Å². The Morgan fingerprint density at radius 1 is 1.28 bits per heavy atom. The maximum atomic E-state index is 12.5. The van der Waals surface area contributed by atoms with Gasteiger partial charge in [0.1, 0.15) is 0 Å². The van der Waals surface area contributed by atoms with Crippen molar-refractivity contribution >= 4 is 23.2 Å². The molecule has 2 aromatic rings. The van der Waals surface area contributed by atoms with Crippen LogP contribution in [0.2, 0.25) is 0 Å². The van der Waals surface area contributed by atoms with E-state index in [2.05, 4.69) is 20.2 Å². The number of nitrogens with one attached hydrogen (secondary N) is 1. The molecule has 1 saturated heterocycles. The van der Waals surface area contributed by atoms with Gasteiger partial charge in [0, 0.05) is 36.6 Å². The first-order chi connectivity index (χ1) is 12.0. The van der Waals surface area contributed by atoms with Crippen molar-refractivity contribution in [3.63, 3.8) is 0 Å². The monoisotopic (exact) mass is 341 g/mol. The summed E-state index contributed by atoms with van der Waals surface area (Å²) in [5.41, 5.74) is 1.81. The summed E-state index contributed by atoms with van der Waals surface area (Å²) >= 11 is 0. The van der Waals surface area contributed by atoms with Gasteiger partial charge in [0.05, 0.1) is 16.2 Å². The predicted molar refractivity (Wildman–Crippen MR) is 94.0 cm³/mol. The van der Waals surface area contributed by atoms with Gasteiger partial charge in [0.15, 0.2) is 0 Å². The SMILES string of the molecule is Cc1ccc(NC(=O)c2cnc(N3CCCC3)nc2C)cc1[N+](=O)[O-]. The fourth-order valence-corrected chi connectivity index (χ4v) is 2.83. The minimum Gasteiger partial charge on any atom is -0.341 e. The largest absolute Gasteiger partial charge is 0.341 e. The van der Waals surface area contributed by atoms with E-state index in [0.717, 1.165) is 25.9 Å². The maximum Gasteiger partial charge on any atom is 0.274 e. The second kappa shape index (κ2) is 6.84. The molecule has 0 radical (unpaired) electrons. The summed E-state index contributed by atoms with van der Waals surface area (Å²) in [6.45, 7) is 5.27. The molecular formula is C17H19N5O3. The van der Waals surface area contributed by atoms with Crippen molar-refractivity contribution < 1.29 is 9.72 Å². The van der Waals surface area contributed by atoms with E-state index >= 15 is 0 Å². The topological polar surface area (TPSA) is 101 Å². The van der Waals surface area contributed by atoms with E-state index in [1.165, 1.54) is 12.3 Å². The van der Waals surface area contributed by atoms with Gasteiger partial charge in [-0.1, -0.05) is 6.07 Å². The van der Waals surface area contributed by atoms with Gasteiger partial charge in [-0.05, 0) is 32.8 Å². The average Bonchev–Trinajstić information content (AvgIpc) is 3.10. The zero-order chi connectivity index (χ0) is 18.0. The molecule has 0 unspecified atom stereocenters. The van der Waals surface area contributed by atoms with Crippen LogP contribution in [0.5, 0.6) is 0 Å². The number of carbonyl (C=O) groups is 1. The summed E-state index contributed by atoms with van der Waals surface area (Å²) in [6.07, 6.45) is 3.75. The van der Waals surface area contributed by atoms with E-state index in [1.807, 2.05) is 0 Å². The number of hydrogen-bond acceptors (Lipinski definition) is 6.